The fraction of sp³-hybridized carbons (Fsp3) is 0.348. The summed E-state index contributed by atoms with van der Waals surface area (Å²) in [6.45, 7) is 7.04. The highest BCUT2D eigenvalue weighted by atomic mass is 35.5. The second-order valence-electron chi connectivity index (χ2n) is 8.08. The van der Waals surface area contributed by atoms with Gasteiger partial charge in [0.25, 0.3) is 5.91 Å². The zero-order valence-electron chi connectivity index (χ0n) is 20.1. The molecule has 10 nitrogen and oxygen atoms in total. The van der Waals surface area contributed by atoms with E-state index in [4.69, 9.17) is 27.9 Å². The Labute approximate surface area is 226 Å². The molecular weight excluding hydrogens is 544 g/mol. The standard InChI is InChI=1S/C23H24Cl2FN7O3S/c1-3-36-20(34)12-32-4-6-33(7-5-32)19-10-18(28-13(2)29-19)30-23-27-11-17(37-23)22(35)31-21-15(24)8-14(26)9-16(21)25/h8-11H,3-7,12H2,1-2H3,(H,31,35)(H,27,28,29,30). The molecule has 1 fully saturated rings. The molecular formula is C23H24Cl2FN7O3S. The van der Waals surface area contributed by atoms with Crippen molar-refractivity contribution >= 4 is 68.9 Å². The van der Waals surface area contributed by atoms with E-state index in [2.05, 4.69) is 35.4 Å². The van der Waals surface area contributed by atoms with Crippen LogP contribution in [0.1, 0.15) is 22.4 Å². The number of nitrogens with zero attached hydrogens (tertiary/aromatic N) is 5. The number of hydrogen-bond acceptors (Lipinski definition) is 10. The van der Waals surface area contributed by atoms with Gasteiger partial charge in [-0.1, -0.05) is 34.5 Å². The molecule has 37 heavy (non-hydrogen) atoms. The third kappa shape index (κ3) is 7.04. The summed E-state index contributed by atoms with van der Waals surface area (Å²) in [7, 11) is 0. The lowest BCUT2D eigenvalue weighted by Crippen LogP contribution is -2.48. The van der Waals surface area contributed by atoms with Crippen LogP contribution in [-0.2, 0) is 9.53 Å². The first-order chi connectivity index (χ1) is 17.7. The molecule has 3 aromatic rings. The van der Waals surface area contributed by atoms with Gasteiger partial charge >= 0.3 is 5.97 Å². The molecule has 4 rings (SSSR count). The van der Waals surface area contributed by atoms with E-state index in [1.165, 1.54) is 6.20 Å². The number of benzene rings is 1. The Morgan fingerprint density at radius 3 is 2.51 bits per heavy atom. The molecule has 1 aliphatic heterocycles. The van der Waals surface area contributed by atoms with Crippen molar-refractivity contribution in [1.82, 2.24) is 19.9 Å². The molecule has 0 radical (unpaired) electrons. The summed E-state index contributed by atoms with van der Waals surface area (Å²) in [5.74, 6) is 0.546. The van der Waals surface area contributed by atoms with E-state index < -0.39 is 11.7 Å². The smallest absolute Gasteiger partial charge is 0.320 e. The lowest BCUT2D eigenvalue weighted by molar-refractivity contribution is -0.144. The minimum atomic E-state index is -0.602. The summed E-state index contributed by atoms with van der Waals surface area (Å²) in [5.41, 5.74) is 0.121. The number of rotatable bonds is 8. The first kappa shape index (κ1) is 27.0. The number of aryl methyl sites for hydroxylation is 1. The van der Waals surface area contributed by atoms with Crippen molar-refractivity contribution in [3.63, 3.8) is 0 Å². The quantitative estimate of drug-likeness (QED) is 0.383. The summed E-state index contributed by atoms with van der Waals surface area (Å²) in [6.07, 6.45) is 1.41. The monoisotopic (exact) mass is 567 g/mol. The Hall–Kier alpha value is -3.06. The Bertz CT molecular complexity index is 1280. The lowest BCUT2D eigenvalue weighted by Gasteiger charge is -2.34. The van der Waals surface area contributed by atoms with Crippen LogP contribution in [0.5, 0.6) is 0 Å². The van der Waals surface area contributed by atoms with Gasteiger partial charge < -0.3 is 20.3 Å². The molecule has 2 N–H and O–H groups in total. The van der Waals surface area contributed by atoms with Gasteiger partial charge in [-0.3, -0.25) is 14.5 Å². The SMILES string of the molecule is CCOC(=O)CN1CCN(c2cc(Nc3ncc(C(=O)Nc4c(Cl)cc(F)cc4Cl)s3)nc(C)n2)CC1. The van der Waals surface area contributed by atoms with Gasteiger partial charge in [0.05, 0.1) is 35.1 Å². The molecule has 0 aliphatic carbocycles. The van der Waals surface area contributed by atoms with Crippen LogP contribution in [0.3, 0.4) is 0 Å². The number of ether oxygens (including phenoxy) is 1. The number of nitrogens with one attached hydrogen (secondary N) is 2. The van der Waals surface area contributed by atoms with Gasteiger partial charge in [-0.2, -0.15) is 0 Å². The van der Waals surface area contributed by atoms with Crippen molar-refractivity contribution in [2.75, 3.05) is 54.9 Å². The van der Waals surface area contributed by atoms with Crippen molar-refractivity contribution < 1.29 is 18.7 Å². The highest BCUT2D eigenvalue weighted by molar-refractivity contribution is 7.17. The van der Waals surface area contributed by atoms with E-state index in [-0.39, 0.29) is 28.2 Å². The van der Waals surface area contributed by atoms with Crippen LogP contribution in [0.25, 0.3) is 0 Å². The molecule has 0 atom stereocenters. The van der Waals surface area contributed by atoms with Crippen LogP contribution in [0, 0.1) is 12.7 Å². The number of amides is 1. The number of carbonyl (C=O) groups is 2. The van der Waals surface area contributed by atoms with Crippen LogP contribution < -0.4 is 15.5 Å². The van der Waals surface area contributed by atoms with Crippen LogP contribution in [0.15, 0.2) is 24.4 Å². The summed E-state index contributed by atoms with van der Waals surface area (Å²) in [5, 5.41) is 6.14. The fourth-order valence-corrected chi connectivity index (χ4v) is 4.96. The van der Waals surface area contributed by atoms with Gasteiger partial charge in [0.1, 0.15) is 28.2 Å². The maximum atomic E-state index is 13.4. The van der Waals surface area contributed by atoms with E-state index in [0.717, 1.165) is 29.3 Å². The molecule has 1 aliphatic rings. The zero-order chi connectivity index (χ0) is 26.5. The van der Waals surface area contributed by atoms with Crippen LogP contribution in [0.2, 0.25) is 10.0 Å². The van der Waals surface area contributed by atoms with Crippen LogP contribution in [0.4, 0.5) is 26.8 Å². The summed E-state index contributed by atoms with van der Waals surface area (Å²) < 4.78 is 18.4. The number of hydrogen-bond donors (Lipinski definition) is 2. The first-order valence-corrected chi connectivity index (χ1v) is 13.0. The minimum Gasteiger partial charge on any atom is -0.465 e. The lowest BCUT2D eigenvalue weighted by atomic mass is 10.3. The van der Waals surface area contributed by atoms with Gasteiger partial charge in [-0.25, -0.2) is 19.3 Å². The summed E-state index contributed by atoms with van der Waals surface area (Å²) in [4.78, 5) is 42.1. The topological polar surface area (TPSA) is 113 Å². The third-order valence-corrected chi connectivity index (χ3v) is 6.90. The van der Waals surface area contributed by atoms with E-state index in [1.54, 1.807) is 13.8 Å². The highest BCUT2D eigenvalue weighted by Crippen LogP contribution is 2.32. The predicted molar refractivity (Wildman–Crippen MR) is 142 cm³/mol. The maximum Gasteiger partial charge on any atom is 0.320 e. The molecule has 1 aromatic carbocycles. The van der Waals surface area contributed by atoms with E-state index in [1.807, 2.05) is 6.07 Å². The number of anilines is 4. The summed E-state index contributed by atoms with van der Waals surface area (Å²) >= 11 is 13.1. The number of carbonyl (C=O) groups excluding carboxylic acids is 2. The number of thiazole rings is 1. The maximum absolute atomic E-state index is 13.4. The summed E-state index contributed by atoms with van der Waals surface area (Å²) in [6, 6.07) is 3.95. The Balaban J connectivity index is 1.39. The number of piperazine rings is 1. The van der Waals surface area contributed by atoms with Gasteiger partial charge in [-0.15, -0.1) is 0 Å². The van der Waals surface area contributed by atoms with Gasteiger partial charge in [0.2, 0.25) is 0 Å². The molecule has 0 spiro atoms. The number of aromatic nitrogens is 3. The first-order valence-electron chi connectivity index (χ1n) is 11.4. The van der Waals surface area contributed by atoms with Crippen LogP contribution in [-0.4, -0.2) is 71.1 Å². The van der Waals surface area contributed by atoms with Gasteiger partial charge in [0.15, 0.2) is 5.13 Å². The van der Waals surface area contributed by atoms with Crippen molar-refractivity contribution in [3.8, 4) is 0 Å². The minimum absolute atomic E-state index is 0.00747. The van der Waals surface area contributed by atoms with Crippen molar-refractivity contribution in [2.24, 2.45) is 0 Å². The fourth-order valence-electron chi connectivity index (χ4n) is 3.69. The molecule has 14 heteroatoms. The van der Waals surface area contributed by atoms with E-state index in [0.29, 0.717) is 54.4 Å². The van der Waals surface area contributed by atoms with Gasteiger partial charge in [0, 0.05) is 32.2 Å². The van der Waals surface area contributed by atoms with Crippen molar-refractivity contribution in [3.05, 3.63) is 51.0 Å². The number of esters is 1. The average Bonchev–Trinajstić information content (AvgIpc) is 3.30. The largest absolute Gasteiger partial charge is 0.465 e. The average molecular weight is 568 g/mol. The van der Waals surface area contributed by atoms with Crippen molar-refractivity contribution in [2.45, 2.75) is 13.8 Å². The molecule has 3 heterocycles. The zero-order valence-corrected chi connectivity index (χ0v) is 22.4. The second kappa shape index (κ2) is 12.0. The Kier molecular flexibility index (Phi) is 8.75. The third-order valence-electron chi connectivity index (χ3n) is 5.39. The van der Waals surface area contributed by atoms with E-state index >= 15 is 0 Å². The normalized spacial score (nSPS) is 13.9. The van der Waals surface area contributed by atoms with Crippen LogP contribution >= 0.6 is 34.5 Å². The Morgan fingerprint density at radius 1 is 1.14 bits per heavy atom. The molecule has 0 bridgehead atoms. The predicted octanol–water partition coefficient (Wildman–Crippen LogP) is 4.37. The molecule has 1 saturated heterocycles. The van der Waals surface area contributed by atoms with Gasteiger partial charge in [-0.05, 0) is 26.0 Å². The molecule has 0 unspecified atom stereocenters. The van der Waals surface area contributed by atoms with E-state index in [9.17, 15) is 14.0 Å². The molecule has 1 amide bonds. The molecule has 196 valence electrons. The Morgan fingerprint density at radius 2 is 1.84 bits per heavy atom. The number of halogens is 3. The molecule has 2 aromatic heterocycles. The van der Waals surface area contributed by atoms with Crippen molar-refractivity contribution in [1.29, 1.82) is 0 Å². The highest BCUT2D eigenvalue weighted by Gasteiger charge is 2.22. The molecule has 0 saturated carbocycles. The second-order valence-corrected chi connectivity index (χ2v) is 9.93.